The van der Waals surface area contributed by atoms with Gasteiger partial charge in [0.2, 0.25) is 0 Å². The number of hydrogen-bond acceptors (Lipinski definition) is 2. The van der Waals surface area contributed by atoms with Gasteiger partial charge in [-0.15, -0.1) is 0 Å². The fourth-order valence-corrected chi connectivity index (χ4v) is 6.25. The SMILES string of the molecule is C[C@@H]1CCC(N2CC(C)(CC(=O)O)C[C@H](c3cccc(Cl)c3)[C@H]2c2ccc(Cl)cc2)C1. The second kappa shape index (κ2) is 9.13. The summed E-state index contributed by atoms with van der Waals surface area (Å²) < 4.78 is 0. The number of piperidine rings is 1. The molecule has 2 aromatic rings. The smallest absolute Gasteiger partial charge is 0.303 e. The molecule has 0 bridgehead atoms. The van der Waals surface area contributed by atoms with Crippen molar-refractivity contribution in [3.8, 4) is 0 Å². The number of carboxylic acids is 1. The Kier molecular flexibility index (Phi) is 6.67. The van der Waals surface area contributed by atoms with Crippen LogP contribution in [0.15, 0.2) is 48.5 Å². The number of benzene rings is 2. The molecule has 1 heterocycles. The minimum absolute atomic E-state index is 0.161. The number of aliphatic carboxylic acids is 1. The molecule has 2 fully saturated rings. The highest BCUT2D eigenvalue weighted by Crippen LogP contribution is 2.52. The van der Waals surface area contributed by atoms with Gasteiger partial charge in [0.25, 0.3) is 0 Å². The zero-order valence-electron chi connectivity index (χ0n) is 18.2. The average Bonchev–Trinajstić information content (AvgIpc) is 3.14. The van der Waals surface area contributed by atoms with Crippen molar-refractivity contribution in [1.29, 1.82) is 0 Å². The maximum atomic E-state index is 11.8. The van der Waals surface area contributed by atoms with Crippen LogP contribution in [0.4, 0.5) is 0 Å². The third-order valence-electron chi connectivity index (χ3n) is 7.22. The van der Waals surface area contributed by atoms with E-state index in [1.54, 1.807) is 0 Å². The normalized spacial score (nSPS) is 31.6. The summed E-state index contributed by atoms with van der Waals surface area (Å²) in [5.74, 6) is 0.138. The summed E-state index contributed by atoms with van der Waals surface area (Å²) in [6.07, 6.45) is 4.54. The first-order chi connectivity index (χ1) is 14.7. The summed E-state index contributed by atoms with van der Waals surface area (Å²) in [5.41, 5.74) is 2.12. The Morgan fingerprint density at radius 2 is 1.84 bits per heavy atom. The predicted molar refractivity (Wildman–Crippen MR) is 127 cm³/mol. The van der Waals surface area contributed by atoms with Gasteiger partial charge in [-0.25, -0.2) is 0 Å². The highest BCUT2D eigenvalue weighted by Gasteiger charge is 2.47. The molecule has 0 radical (unpaired) electrons. The van der Waals surface area contributed by atoms with Gasteiger partial charge in [-0.3, -0.25) is 9.69 Å². The molecule has 3 nitrogen and oxygen atoms in total. The monoisotopic (exact) mass is 459 g/mol. The summed E-state index contributed by atoms with van der Waals surface area (Å²) >= 11 is 12.6. The number of halogens is 2. The topological polar surface area (TPSA) is 40.5 Å². The predicted octanol–water partition coefficient (Wildman–Crippen LogP) is 7.19. The van der Waals surface area contributed by atoms with Gasteiger partial charge in [0, 0.05) is 34.6 Å². The molecule has 1 saturated heterocycles. The molecule has 2 aromatic carbocycles. The van der Waals surface area contributed by atoms with Crippen molar-refractivity contribution in [2.24, 2.45) is 11.3 Å². The zero-order valence-corrected chi connectivity index (χ0v) is 19.7. The third-order valence-corrected chi connectivity index (χ3v) is 7.71. The van der Waals surface area contributed by atoms with Crippen LogP contribution in [-0.2, 0) is 4.79 Å². The van der Waals surface area contributed by atoms with E-state index in [-0.39, 0.29) is 23.8 Å². The Labute approximate surface area is 195 Å². The van der Waals surface area contributed by atoms with Crippen LogP contribution >= 0.6 is 23.2 Å². The molecule has 5 heteroatoms. The van der Waals surface area contributed by atoms with Gasteiger partial charge in [0.05, 0.1) is 6.42 Å². The van der Waals surface area contributed by atoms with Crippen molar-refractivity contribution in [3.63, 3.8) is 0 Å². The molecule has 4 rings (SSSR count). The molecule has 5 atom stereocenters. The van der Waals surface area contributed by atoms with Crippen molar-refractivity contribution in [2.45, 2.75) is 64.0 Å². The molecule has 166 valence electrons. The van der Waals surface area contributed by atoms with E-state index in [0.717, 1.165) is 35.9 Å². The van der Waals surface area contributed by atoms with Crippen molar-refractivity contribution in [2.75, 3.05) is 6.54 Å². The summed E-state index contributed by atoms with van der Waals surface area (Å²) in [5, 5.41) is 11.1. The minimum Gasteiger partial charge on any atom is -0.481 e. The van der Waals surface area contributed by atoms with Gasteiger partial charge in [-0.2, -0.15) is 0 Å². The van der Waals surface area contributed by atoms with Crippen LogP contribution in [0.25, 0.3) is 0 Å². The Morgan fingerprint density at radius 1 is 1.10 bits per heavy atom. The minimum atomic E-state index is -0.725. The van der Waals surface area contributed by atoms with Crippen LogP contribution in [-0.4, -0.2) is 28.6 Å². The lowest BCUT2D eigenvalue weighted by atomic mass is 9.67. The first-order valence-electron chi connectivity index (χ1n) is 11.2. The molecule has 1 N–H and O–H groups in total. The Balaban J connectivity index is 1.81. The molecule has 2 unspecified atom stereocenters. The average molecular weight is 460 g/mol. The molecule has 1 saturated carbocycles. The van der Waals surface area contributed by atoms with Crippen LogP contribution in [0.3, 0.4) is 0 Å². The fourth-order valence-electron chi connectivity index (χ4n) is 5.93. The molecule has 0 aromatic heterocycles. The number of carbonyl (C=O) groups is 1. The molecular formula is C26H31Cl2NO2. The molecule has 0 spiro atoms. The lowest BCUT2D eigenvalue weighted by molar-refractivity contribution is -0.141. The Bertz CT molecular complexity index is 931. The van der Waals surface area contributed by atoms with E-state index in [1.807, 2.05) is 24.3 Å². The van der Waals surface area contributed by atoms with Gasteiger partial charge >= 0.3 is 5.97 Å². The number of rotatable bonds is 5. The Hall–Kier alpha value is -1.55. The van der Waals surface area contributed by atoms with Crippen molar-refractivity contribution in [1.82, 2.24) is 4.90 Å². The molecule has 0 amide bonds. The van der Waals surface area contributed by atoms with Crippen LogP contribution in [0.1, 0.15) is 69.0 Å². The number of carboxylic acid groups (broad SMARTS) is 1. The summed E-state index contributed by atoms with van der Waals surface area (Å²) in [4.78, 5) is 14.4. The summed E-state index contributed by atoms with van der Waals surface area (Å²) in [6.45, 7) is 5.26. The molecule has 1 aliphatic carbocycles. The molecule has 2 aliphatic rings. The molecular weight excluding hydrogens is 429 g/mol. The summed E-state index contributed by atoms with van der Waals surface area (Å²) in [7, 11) is 0. The second-order valence-electron chi connectivity index (χ2n) is 9.99. The number of nitrogens with zero attached hydrogens (tertiary/aromatic N) is 1. The van der Waals surface area contributed by atoms with Gasteiger partial charge in [0.15, 0.2) is 0 Å². The Morgan fingerprint density at radius 3 is 2.45 bits per heavy atom. The quantitative estimate of drug-likeness (QED) is 0.513. The van der Waals surface area contributed by atoms with Crippen LogP contribution in [0.2, 0.25) is 10.0 Å². The van der Waals surface area contributed by atoms with Gasteiger partial charge in [0.1, 0.15) is 0 Å². The first-order valence-corrected chi connectivity index (χ1v) is 12.0. The van der Waals surface area contributed by atoms with Crippen LogP contribution in [0, 0.1) is 11.3 Å². The zero-order chi connectivity index (χ0) is 22.2. The largest absolute Gasteiger partial charge is 0.481 e. The van der Waals surface area contributed by atoms with E-state index < -0.39 is 5.97 Å². The van der Waals surface area contributed by atoms with Gasteiger partial charge in [-0.05, 0) is 72.4 Å². The van der Waals surface area contributed by atoms with Crippen LogP contribution < -0.4 is 0 Å². The van der Waals surface area contributed by atoms with E-state index in [4.69, 9.17) is 23.2 Å². The molecule has 1 aliphatic heterocycles. The van der Waals surface area contributed by atoms with Gasteiger partial charge < -0.3 is 5.11 Å². The van der Waals surface area contributed by atoms with Crippen molar-refractivity contribution < 1.29 is 9.90 Å². The lowest BCUT2D eigenvalue weighted by Gasteiger charge is -2.52. The summed E-state index contributed by atoms with van der Waals surface area (Å²) in [6, 6.07) is 16.9. The van der Waals surface area contributed by atoms with Crippen LogP contribution in [0.5, 0.6) is 0 Å². The van der Waals surface area contributed by atoms with Crippen molar-refractivity contribution in [3.05, 3.63) is 69.7 Å². The first kappa shape index (κ1) is 22.6. The van der Waals surface area contributed by atoms with E-state index in [2.05, 4.69) is 43.0 Å². The van der Waals surface area contributed by atoms with E-state index in [0.29, 0.717) is 12.0 Å². The van der Waals surface area contributed by atoms with E-state index in [9.17, 15) is 9.90 Å². The highest BCUT2D eigenvalue weighted by atomic mass is 35.5. The maximum absolute atomic E-state index is 11.8. The highest BCUT2D eigenvalue weighted by molar-refractivity contribution is 6.30. The standard InChI is InChI=1S/C26H31Cl2NO2/c1-17-6-11-22(12-17)29-16-26(2,15-24(30)31)14-23(19-4-3-5-21(28)13-19)25(29)18-7-9-20(27)10-8-18/h3-5,7-10,13,17,22-23,25H,6,11-12,14-16H2,1-2H3,(H,30,31)/t17-,22?,23-,25-,26?/m1/s1. The van der Waals surface area contributed by atoms with E-state index in [1.165, 1.54) is 17.5 Å². The lowest BCUT2D eigenvalue weighted by Crippen LogP contribution is -2.51. The molecule has 31 heavy (non-hydrogen) atoms. The van der Waals surface area contributed by atoms with Gasteiger partial charge in [-0.1, -0.05) is 61.3 Å². The second-order valence-corrected chi connectivity index (χ2v) is 10.9. The third kappa shape index (κ3) is 5.10. The fraction of sp³-hybridized carbons (Fsp3) is 0.500. The maximum Gasteiger partial charge on any atom is 0.303 e. The number of likely N-dealkylation sites (tertiary alicyclic amines) is 1. The van der Waals surface area contributed by atoms with E-state index >= 15 is 0 Å². The van der Waals surface area contributed by atoms with Crippen molar-refractivity contribution >= 4 is 29.2 Å². The number of hydrogen-bond donors (Lipinski definition) is 1.